The highest BCUT2D eigenvalue weighted by Crippen LogP contribution is 2.47. The van der Waals surface area contributed by atoms with E-state index < -0.39 is 12.5 Å². The number of aromatic nitrogens is 3. The van der Waals surface area contributed by atoms with E-state index in [2.05, 4.69) is 15.0 Å². The highest BCUT2D eigenvalue weighted by Gasteiger charge is 2.51. The van der Waals surface area contributed by atoms with Crippen LogP contribution in [-0.4, -0.2) is 82.6 Å². The van der Waals surface area contributed by atoms with Crippen molar-refractivity contribution in [3.63, 3.8) is 0 Å². The second-order valence-corrected chi connectivity index (χ2v) is 9.47. The Morgan fingerprint density at radius 2 is 2.00 bits per heavy atom. The van der Waals surface area contributed by atoms with Crippen LogP contribution in [0.15, 0.2) is 24.5 Å². The Kier molecular flexibility index (Phi) is 6.13. The van der Waals surface area contributed by atoms with Crippen LogP contribution in [-0.2, 0) is 4.74 Å². The Labute approximate surface area is 196 Å². The molecule has 0 unspecified atom stereocenters. The van der Waals surface area contributed by atoms with Gasteiger partial charge in [0.05, 0.1) is 12.8 Å². The molecule has 2 saturated heterocycles. The van der Waals surface area contributed by atoms with E-state index in [-0.39, 0.29) is 11.5 Å². The topological polar surface area (TPSA) is 66.7 Å². The van der Waals surface area contributed by atoms with Crippen molar-refractivity contribution in [1.82, 2.24) is 24.6 Å². The molecule has 2 aromatic heterocycles. The van der Waals surface area contributed by atoms with Gasteiger partial charge in [-0.05, 0) is 38.3 Å². The van der Waals surface area contributed by atoms with Crippen molar-refractivity contribution >= 4 is 11.9 Å². The number of likely N-dealkylation sites (tertiary alicyclic amines) is 1. The lowest BCUT2D eigenvalue weighted by Gasteiger charge is -2.48. The zero-order valence-electron chi connectivity index (χ0n) is 19.2. The summed E-state index contributed by atoms with van der Waals surface area (Å²) >= 11 is 0. The fourth-order valence-electron chi connectivity index (χ4n) is 5.66. The van der Waals surface area contributed by atoms with Crippen molar-refractivity contribution in [2.24, 2.45) is 5.41 Å². The monoisotopic (exact) mass is 478 g/mol. The smallest absolute Gasteiger partial charge is 0.409 e. The fourth-order valence-corrected chi connectivity index (χ4v) is 5.66. The summed E-state index contributed by atoms with van der Waals surface area (Å²) in [5.74, 6) is -0.142. The van der Waals surface area contributed by atoms with Gasteiger partial charge in [0, 0.05) is 68.0 Å². The molecule has 0 aromatic carbocycles. The van der Waals surface area contributed by atoms with Gasteiger partial charge in [-0.3, -0.25) is 4.90 Å². The number of piperazine rings is 1. The molecule has 0 N–H and O–H groups in total. The summed E-state index contributed by atoms with van der Waals surface area (Å²) in [6.45, 7) is 3.99. The maximum absolute atomic E-state index is 14.0. The van der Waals surface area contributed by atoms with Crippen LogP contribution in [0.3, 0.4) is 0 Å². The van der Waals surface area contributed by atoms with Gasteiger partial charge in [-0.15, -0.1) is 0 Å². The van der Waals surface area contributed by atoms with Gasteiger partial charge in [0.25, 0.3) is 0 Å². The maximum atomic E-state index is 14.0. The first kappa shape index (κ1) is 22.9. The van der Waals surface area contributed by atoms with Crippen molar-refractivity contribution in [3.8, 4) is 11.1 Å². The second kappa shape index (κ2) is 9.09. The Morgan fingerprint density at radius 3 is 2.68 bits per heavy atom. The van der Waals surface area contributed by atoms with Crippen LogP contribution in [0.25, 0.3) is 11.1 Å². The Morgan fingerprint density at radius 1 is 1.24 bits per heavy atom. The minimum atomic E-state index is -2.73. The minimum Gasteiger partial charge on any atom is -0.450 e. The van der Waals surface area contributed by atoms with Gasteiger partial charge in [-0.1, -0.05) is 0 Å². The third-order valence-electron chi connectivity index (χ3n) is 7.34. The molecule has 0 radical (unpaired) electrons. The van der Waals surface area contributed by atoms with Crippen molar-refractivity contribution in [3.05, 3.63) is 30.5 Å². The van der Waals surface area contributed by atoms with E-state index in [0.717, 1.165) is 45.4 Å². The first-order valence-corrected chi connectivity index (χ1v) is 11.8. The molecule has 3 fully saturated rings. The predicted octanol–water partition coefficient (Wildman–Crippen LogP) is 3.61. The molecule has 1 saturated carbocycles. The van der Waals surface area contributed by atoms with Crippen LogP contribution in [0.4, 0.5) is 23.8 Å². The zero-order valence-corrected chi connectivity index (χ0v) is 19.2. The number of rotatable bonds is 5. The molecule has 5 rings (SSSR count). The lowest BCUT2D eigenvalue weighted by Crippen LogP contribution is -2.58. The third-order valence-corrected chi connectivity index (χ3v) is 7.34. The third kappa shape index (κ3) is 4.33. The number of hydrogen-bond acceptors (Lipinski definition) is 6. The Bertz CT molecular complexity index is 1030. The lowest BCUT2D eigenvalue weighted by atomic mass is 9.78. The second-order valence-electron chi connectivity index (χ2n) is 9.47. The number of halogens is 3. The predicted molar refractivity (Wildman–Crippen MR) is 119 cm³/mol. The summed E-state index contributed by atoms with van der Waals surface area (Å²) < 4.78 is 45.6. The van der Waals surface area contributed by atoms with Crippen LogP contribution < -0.4 is 4.90 Å². The van der Waals surface area contributed by atoms with E-state index in [1.807, 2.05) is 11.8 Å². The highest BCUT2D eigenvalue weighted by atomic mass is 19.3. The number of pyridine rings is 1. The maximum Gasteiger partial charge on any atom is 0.409 e. The Hall–Kier alpha value is -2.82. The van der Waals surface area contributed by atoms with Crippen LogP contribution in [0.1, 0.15) is 32.7 Å². The number of ether oxygens (including phenoxy) is 1. The van der Waals surface area contributed by atoms with Crippen LogP contribution in [0.2, 0.25) is 0 Å². The van der Waals surface area contributed by atoms with E-state index in [4.69, 9.17) is 4.74 Å². The number of hydrogen-bond donors (Lipinski definition) is 0. The number of amides is 1. The van der Waals surface area contributed by atoms with Gasteiger partial charge in [-0.25, -0.2) is 14.5 Å². The molecule has 2 aliphatic heterocycles. The molecule has 4 heterocycles. The van der Waals surface area contributed by atoms with Gasteiger partial charge in [-0.2, -0.15) is 18.3 Å². The van der Waals surface area contributed by atoms with Crippen LogP contribution in [0.5, 0.6) is 0 Å². The van der Waals surface area contributed by atoms with Crippen LogP contribution in [0, 0.1) is 11.4 Å². The molecule has 1 atom stereocenters. The molecule has 2 aromatic rings. The van der Waals surface area contributed by atoms with Crippen molar-refractivity contribution in [2.45, 2.75) is 38.8 Å². The molecule has 0 bridgehead atoms. The van der Waals surface area contributed by atoms with Crippen molar-refractivity contribution in [1.29, 1.82) is 0 Å². The first-order chi connectivity index (χ1) is 16.4. The number of nitrogens with zero attached hydrogens (tertiary/aromatic N) is 6. The van der Waals surface area contributed by atoms with Gasteiger partial charge < -0.3 is 14.5 Å². The van der Waals surface area contributed by atoms with E-state index >= 15 is 0 Å². The zero-order chi connectivity index (χ0) is 23.9. The van der Waals surface area contributed by atoms with Crippen molar-refractivity contribution < 1.29 is 22.7 Å². The minimum absolute atomic E-state index is 0.205. The number of carbonyl (C=O) groups is 1. The quantitative estimate of drug-likeness (QED) is 0.612. The first-order valence-electron chi connectivity index (χ1n) is 11.8. The number of carbonyl (C=O) groups excluding carboxylic acids is 1. The highest BCUT2D eigenvalue weighted by molar-refractivity contribution is 5.75. The van der Waals surface area contributed by atoms with E-state index in [9.17, 15) is 18.0 Å². The molecule has 1 aliphatic carbocycles. The number of anilines is 1. The summed E-state index contributed by atoms with van der Waals surface area (Å²) in [4.78, 5) is 22.3. The largest absolute Gasteiger partial charge is 0.450 e. The van der Waals surface area contributed by atoms with Crippen molar-refractivity contribution in [2.75, 3.05) is 50.8 Å². The molecule has 1 amide bonds. The summed E-state index contributed by atoms with van der Waals surface area (Å²) in [5.41, 5.74) is 1.28. The average Bonchev–Trinajstić information content (AvgIpc) is 3.47. The lowest BCUT2D eigenvalue weighted by molar-refractivity contribution is -0.00294. The normalized spacial score (nSPS) is 22.4. The SMILES string of the molecule is CCOC(=O)N1CC2(CC[C@@H](N3CCN(c4nc(F)ccc4-c4cnn(C(F)F)c4)CC3)C2)C1. The van der Waals surface area contributed by atoms with Crippen LogP contribution >= 0.6 is 0 Å². The molecule has 184 valence electrons. The van der Waals surface area contributed by atoms with Gasteiger partial charge in [0.2, 0.25) is 5.95 Å². The van der Waals surface area contributed by atoms with E-state index in [1.54, 1.807) is 11.0 Å². The standard InChI is InChI=1S/C23H29F3N6O2/c1-2-34-22(33)31-14-23(15-31)6-5-17(11-23)29-7-9-30(10-8-29)20-18(3-4-19(24)28-20)16-12-27-32(13-16)21(25)26/h3-4,12-13,17,21H,2,5-11,14-15H2,1H3/t17-/m1/s1. The summed E-state index contributed by atoms with van der Waals surface area (Å²) in [5, 5.41) is 3.70. The van der Waals surface area contributed by atoms with Gasteiger partial charge in [0.15, 0.2) is 0 Å². The molecule has 3 aliphatic rings. The molecular formula is C23H29F3N6O2. The van der Waals surface area contributed by atoms with Gasteiger partial charge in [0.1, 0.15) is 5.82 Å². The molecule has 8 nitrogen and oxygen atoms in total. The average molecular weight is 479 g/mol. The fraction of sp³-hybridized carbons (Fsp3) is 0.609. The number of alkyl halides is 2. The summed E-state index contributed by atoms with van der Waals surface area (Å²) in [7, 11) is 0. The van der Waals surface area contributed by atoms with E-state index in [0.29, 0.717) is 47.4 Å². The summed E-state index contributed by atoms with van der Waals surface area (Å²) in [6.07, 6.45) is 5.68. The Balaban J connectivity index is 1.21. The molecule has 1 spiro atoms. The molecule has 11 heteroatoms. The van der Waals surface area contributed by atoms with E-state index in [1.165, 1.54) is 18.5 Å². The molecule has 34 heavy (non-hydrogen) atoms. The van der Waals surface area contributed by atoms with Gasteiger partial charge >= 0.3 is 12.6 Å². The summed E-state index contributed by atoms with van der Waals surface area (Å²) in [6, 6.07) is 3.28. The molecular weight excluding hydrogens is 449 g/mol.